The number of imidazole rings is 1. The Morgan fingerprint density at radius 1 is 1.18 bits per heavy atom. The van der Waals surface area contributed by atoms with Crippen LogP contribution in [0.25, 0.3) is 0 Å². The minimum Gasteiger partial charge on any atom is -0.357 e. The molecule has 2 aromatic rings. The van der Waals surface area contributed by atoms with Crippen LogP contribution in [0.2, 0.25) is 0 Å². The lowest BCUT2D eigenvalue weighted by Gasteiger charge is -2.33. The Hall–Kier alpha value is -2.57. The van der Waals surface area contributed by atoms with Crippen molar-refractivity contribution < 1.29 is 0 Å². The van der Waals surface area contributed by atoms with Crippen LogP contribution < -0.4 is 15.5 Å². The Morgan fingerprint density at radius 2 is 2.04 bits per heavy atom. The second-order valence-electron chi connectivity index (χ2n) is 7.23. The fourth-order valence-electron chi connectivity index (χ4n) is 3.53. The lowest BCUT2D eigenvalue weighted by atomic mass is 10.1. The number of piperidine rings is 1. The van der Waals surface area contributed by atoms with Crippen LogP contribution in [0.15, 0.2) is 41.8 Å². The monoisotopic (exact) mass is 383 g/mol. The van der Waals surface area contributed by atoms with Crippen LogP contribution in [-0.4, -0.2) is 52.7 Å². The Kier molecular flexibility index (Phi) is 7.70. The van der Waals surface area contributed by atoms with Gasteiger partial charge in [0.1, 0.15) is 11.6 Å². The third kappa shape index (κ3) is 5.97. The number of aromatic nitrogens is 3. The molecule has 0 aliphatic carbocycles. The Labute approximate surface area is 168 Å². The summed E-state index contributed by atoms with van der Waals surface area (Å²) in [5.74, 6) is 3.10. The highest BCUT2D eigenvalue weighted by Gasteiger charge is 2.20. The maximum atomic E-state index is 4.77. The van der Waals surface area contributed by atoms with E-state index in [2.05, 4.69) is 49.1 Å². The van der Waals surface area contributed by atoms with Gasteiger partial charge in [-0.1, -0.05) is 6.07 Å². The number of nitrogens with one attached hydrogen (secondary N) is 2. The topological polar surface area (TPSA) is 70.4 Å². The van der Waals surface area contributed by atoms with Gasteiger partial charge in [0.15, 0.2) is 5.96 Å². The van der Waals surface area contributed by atoms with E-state index in [0.717, 1.165) is 76.0 Å². The van der Waals surface area contributed by atoms with E-state index >= 15 is 0 Å². The predicted octanol–water partition coefficient (Wildman–Crippen LogP) is 2.59. The maximum absolute atomic E-state index is 4.77. The van der Waals surface area contributed by atoms with Crippen molar-refractivity contribution in [2.45, 2.75) is 52.1 Å². The number of aryl methyl sites for hydroxylation is 2. The van der Waals surface area contributed by atoms with Crippen molar-refractivity contribution in [1.29, 1.82) is 0 Å². The molecule has 0 spiro atoms. The molecule has 152 valence electrons. The molecule has 2 N–H and O–H groups in total. The molecule has 3 heterocycles. The zero-order valence-electron chi connectivity index (χ0n) is 17.1. The molecular formula is C21H33N7. The Balaban J connectivity index is 1.40. The van der Waals surface area contributed by atoms with Gasteiger partial charge in [-0.3, -0.25) is 4.99 Å². The van der Waals surface area contributed by atoms with Gasteiger partial charge in [-0.05, 0) is 51.7 Å². The second kappa shape index (κ2) is 10.7. The van der Waals surface area contributed by atoms with E-state index in [1.54, 1.807) is 0 Å². The van der Waals surface area contributed by atoms with E-state index in [1.807, 2.05) is 31.6 Å². The molecular weight excluding hydrogens is 350 g/mol. The van der Waals surface area contributed by atoms with E-state index in [4.69, 9.17) is 4.99 Å². The summed E-state index contributed by atoms with van der Waals surface area (Å²) in [5, 5.41) is 7.00. The Bertz CT molecular complexity index is 717. The smallest absolute Gasteiger partial charge is 0.191 e. The van der Waals surface area contributed by atoms with Gasteiger partial charge in [-0.25, -0.2) is 9.97 Å². The molecule has 0 saturated carbocycles. The second-order valence-corrected chi connectivity index (χ2v) is 7.23. The number of rotatable bonds is 8. The highest BCUT2D eigenvalue weighted by molar-refractivity contribution is 5.80. The van der Waals surface area contributed by atoms with Crippen LogP contribution in [0, 0.1) is 6.92 Å². The van der Waals surface area contributed by atoms with E-state index in [0.29, 0.717) is 6.04 Å². The van der Waals surface area contributed by atoms with E-state index in [9.17, 15) is 0 Å². The summed E-state index contributed by atoms with van der Waals surface area (Å²) in [6.45, 7) is 8.95. The molecule has 0 unspecified atom stereocenters. The molecule has 2 aromatic heterocycles. The molecule has 0 amide bonds. The molecule has 0 radical (unpaired) electrons. The highest BCUT2D eigenvalue weighted by Crippen LogP contribution is 2.17. The first-order valence-electron chi connectivity index (χ1n) is 10.4. The van der Waals surface area contributed by atoms with Gasteiger partial charge in [0.05, 0.1) is 0 Å². The molecule has 28 heavy (non-hydrogen) atoms. The zero-order chi connectivity index (χ0) is 19.6. The quantitative estimate of drug-likeness (QED) is 0.417. The van der Waals surface area contributed by atoms with Gasteiger partial charge in [0.2, 0.25) is 0 Å². The highest BCUT2D eigenvalue weighted by atomic mass is 15.2. The minimum atomic E-state index is 0.464. The fourth-order valence-corrected chi connectivity index (χ4v) is 3.53. The van der Waals surface area contributed by atoms with Gasteiger partial charge >= 0.3 is 0 Å². The number of pyridine rings is 1. The number of guanidine groups is 1. The number of anilines is 1. The van der Waals surface area contributed by atoms with Crippen LogP contribution in [0.3, 0.4) is 0 Å². The van der Waals surface area contributed by atoms with Crippen molar-refractivity contribution in [3.63, 3.8) is 0 Å². The summed E-state index contributed by atoms with van der Waals surface area (Å²) in [6.07, 6.45) is 10.2. The fraction of sp³-hybridized carbons (Fsp3) is 0.571. The first-order chi connectivity index (χ1) is 13.8. The first kappa shape index (κ1) is 20.2. The largest absolute Gasteiger partial charge is 0.357 e. The van der Waals surface area contributed by atoms with Crippen molar-refractivity contribution in [3.05, 3.63) is 42.6 Å². The van der Waals surface area contributed by atoms with Gasteiger partial charge in [0, 0.05) is 57.4 Å². The molecule has 7 heteroatoms. The number of nitrogens with zero attached hydrogens (tertiary/aromatic N) is 5. The third-order valence-corrected chi connectivity index (χ3v) is 5.15. The third-order valence-electron chi connectivity index (χ3n) is 5.15. The number of aliphatic imine (C=N–C) groups is 1. The molecule has 1 saturated heterocycles. The van der Waals surface area contributed by atoms with Crippen molar-refractivity contribution in [2.75, 3.05) is 31.1 Å². The van der Waals surface area contributed by atoms with Crippen molar-refractivity contribution in [1.82, 2.24) is 25.2 Å². The van der Waals surface area contributed by atoms with Crippen LogP contribution in [0.1, 0.15) is 38.4 Å². The van der Waals surface area contributed by atoms with Gasteiger partial charge in [-0.15, -0.1) is 0 Å². The number of unbranched alkanes of at least 4 members (excludes halogenated alkanes) is 1. The van der Waals surface area contributed by atoms with Crippen molar-refractivity contribution in [2.24, 2.45) is 4.99 Å². The van der Waals surface area contributed by atoms with Crippen LogP contribution in [0.4, 0.5) is 5.82 Å². The van der Waals surface area contributed by atoms with Gasteiger partial charge in [0.25, 0.3) is 0 Å². The van der Waals surface area contributed by atoms with Gasteiger partial charge < -0.3 is 20.1 Å². The number of hydrogen-bond acceptors (Lipinski definition) is 4. The van der Waals surface area contributed by atoms with Crippen LogP contribution >= 0.6 is 0 Å². The molecule has 1 aliphatic rings. The zero-order valence-corrected chi connectivity index (χ0v) is 17.1. The Morgan fingerprint density at radius 3 is 2.71 bits per heavy atom. The SMILES string of the molecule is CCNC(=NCCCCn1ccnc1C)NC1CCN(c2ccccn2)CC1. The van der Waals surface area contributed by atoms with Crippen LogP contribution in [0.5, 0.6) is 0 Å². The minimum absolute atomic E-state index is 0.464. The summed E-state index contributed by atoms with van der Waals surface area (Å²) in [7, 11) is 0. The molecule has 7 nitrogen and oxygen atoms in total. The molecule has 0 atom stereocenters. The molecule has 0 aromatic carbocycles. The molecule has 1 fully saturated rings. The lowest BCUT2D eigenvalue weighted by molar-refractivity contribution is 0.459. The normalized spacial score (nSPS) is 15.6. The average Bonchev–Trinajstić information content (AvgIpc) is 3.14. The van der Waals surface area contributed by atoms with Crippen molar-refractivity contribution >= 4 is 11.8 Å². The predicted molar refractivity (Wildman–Crippen MR) is 115 cm³/mol. The van der Waals surface area contributed by atoms with E-state index in [1.165, 1.54) is 0 Å². The summed E-state index contributed by atoms with van der Waals surface area (Å²) in [4.78, 5) is 15.9. The number of hydrogen-bond donors (Lipinski definition) is 2. The van der Waals surface area contributed by atoms with Crippen LogP contribution in [-0.2, 0) is 6.54 Å². The average molecular weight is 384 g/mol. The lowest BCUT2D eigenvalue weighted by Crippen LogP contribution is -2.49. The first-order valence-corrected chi connectivity index (χ1v) is 10.4. The molecule has 0 bridgehead atoms. The van der Waals surface area contributed by atoms with Crippen molar-refractivity contribution in [3.8, 4) is 0 Å². The summed E-state index contributed by atoms with van der Waals surface area (Å²) in [5.41, 5.74) is 0. The summed E-state index contributed by atoms with van der Waals surface area (Å²) < 4.78 is 2.20. The standard InChI is InChI=1S/C21H33N7/c1-3-22-21(25-12-6-7-14-27-17-13-23-18(27)2)26-19-9-15-28(16-10-19)20-8-4-5-11-24-20/h4-5,8,11,13,17,19H,3,6-7,9-10,12,14-16H2,1-2H3,(H2,22,25,26). The maximum Gasteiger partial charge on any atom is 0.191 e. The van der Waals surface area contributed by atoms with E-state index < -0.39 is 0 Å². The molecule has 1 aliphatic heterocycles. The van der Waals surface area contributed by atoms with Gasteiger partial charge in [-0.2, -0.15) is 0 Å². The summed E-state index contributed by atoms with van der Waals surface area (Å²) >= 11 is 0. The van der Waals surface area contributed by atoms with E-state index in [-0.39, 0.29) is 0 Å². The molecule has 3 rings (SSSR count). The summed E-state index contributed by atoms with van der Waals surface area (Å²) in [6, 6.07) is 6.57.